The second kappa shape index (κ2) is 32.5. The summed E-state index contributed by atoms with van der Waals surface area (Å²) < 4.78 is 82.5. The molecule has 3 aromatic carbocycles. The van der Waals surface area contributed by atoms with Crippen LogP contribution in [0.25, 0.3) is 105 Å². The molecule has 520 valence electrons. The predicted molar refractivity (Wildman–Crippen MR) is 413 cm³/mol. The Hall–Kier alpha value is -8.06. The quantitative estimate of drug-likeness (QED) is 0.0101. The van der Waals surface area contributed by atoms with Crippen LogP contribution in [-0.4, -0.2) is 29.4 Å². The second-order valence-corrected chi connectivity index (χ2v) is 31.9. The lowest BCUT2D eigenvalue weighted by atomic mass is 9.99. The summed E-state index contributed by atoms with van der Waals surface area (Å²) in [4.78, 5) is 38.1. The normalized spacial score (nSPS) is 15.5. The van der Waals surface area contributed by atoms with Gasteiger partial charge in [-0.2, -0.15) is 8.75 Å². The molecule has 0 aliphatic heterocycles. The van der Waals surface area contributed by atoms with E-state index >= 15 is 17.6 Å². The number of benzene rings is 3. The lowest BCUT2D eigenvalue weighted by Gasteiger charge is -2.19. The van der Waals surface area contributed by atoms with Crippen LogP contribution in [0.5, 0.6) is 0 Å². The minimum Gasteiger partial charge on any atom is -0.337 e. The molecule has 7 aromatic heterocycles. The zero-order valence-electron chi connectivity index (χ0n) is 58.1. The van der Waals surface area contributed by atoms with Gasteiger partial charge in [0.2, 0.25) is 0 Å². The highest BCUT2D eigenvalue weighted by Gasteiger charge is 2.38. The number of nitrogens with zero attached hydrogens (tertiary/aromatic N) is 8. The number of carbonyl (C=O) groups is 2. The van der Waals surface area contributed by atoms with Crippen LogP contribution in [0.3, 0.4) is 0 Å². The van der Waals surface area contributed by atoms with Crippen LogP contribution >= 0.6 is 57.1 Å². The van der Waals surface area contributed by atoms with E-state index in [1.165, 1.54) is 75.9 Å². The SMILES string of the molecule is [C-]#[N+]/C(C#N)=C1\C(=C\c2sc3c(sc4c5c6nsnc6c6c7sc8c(CCCCCCCCCCC)c(/C=C9\C(=O)c%10cc(F)c(F)cc%10\C9=C(\C#N)[N+]#[C-])sc8c7n(CC(CC)CCCC)c6c5n(CC(C#C)CCCC)c34)c2CCCCCCCCCCC)C(=O)c2cc(F)c(F)cc21. The van der Waals surface area contributed by atoms with E-state index in [0.29, 0.717) is 25.9 Å². The number of carbonyl (C=O) groups excluding carboxylic acids is 2. The Labute approximate surface area is 608 Å². The van der Waals surface area contributed by atoms with Crippen molar-refractivity contribution in [1.82, 2.24) is 17.9 Å². The van der Waals surface area contributed by atoms with Gasteiger partial charge in [-0.05, 0) is 103 Å². The molecular formula is C82H82F4N8O2S5. The largest absolute Gasteiger partial charge is 0.337 e. The molecule has 0 N–H and O–H groups in total. The van der Waals surface area contributed by atoms with Crippen LogP contribution in [0, 0.1) is 83.3 Å². The number of aryl methyl sites for hydroxylation is 2. The first-order valence-corrected chi connectivity index (χ1v) is 40.3. The molecular weight excluding hydrogens is 1370 g/mol. The van der Waals surface area contributed by atoms with Crippen molar-refractivity contribution in [2.45, 2.75) is 221 Å². The molecule has 0 bridgehead atoms. The number of rotatable bonds is 33. The zero-order valence-corrected chi connectivity index (χ0v) is 62.2. The van der Waals surface area contributed by atoms with Gasteiger partial charge in [0.15, 0.2) is 34.8 Å². The molecule has 12 rings (SSSR count). The Morgan fingerprint density at radius 3 is 1.29 bits per heavy atom. The number of aromatic nitrogens is 4. The Balaban J connectivity index is 1.14. The van der Waals surface area contributed by atoms with Crippen LogP contribution in [0.15, 0.2) is 46.8 Å². The van der Waals surface area contributed by atoms with Gasteiger partial charge in [0.05, 0.1) is 87.3 Å². The highest BCUT2D eigenvalue weighted by Crippen LogP contribution is 2.56. The van der Waals surface area contributed by atoms with Crippen molar-refractivity contribution < 1.29 is 27.2 Å². The van der Waals surface area contributed by atoms with Crippen molar-refractivity contribution in [1.29, 1.82) is 10.5 Å². The third-order valence-electron chi connectivity index (χ3n) is 20.7. The van der Waals surface area contributed by atoms with Crippen molar-refractivity contribution in [3.05, 3.63) is 136 Å². The number of nitriles is 2. The number of unbranched alkanes of at least 4 members (excludes halogenated alkanes) is 18. The summed E-state index contributed by atoms with van der Waals surface area (Å²) in [5.74, 6) is -2.63. The highest BCUT2D eigenvalue weighted by atomic mass is 32.1. The van der Waals surface area contributed by atoms with E-state index in [2.05, 4.69) is 59.4 Å². The molecule has 2 atom stereocenters. The van der Waals surface area contributed by atoms with E-state index in [1.807, 2.05) is 12.1 Å². The van der Waals surface area contributed by atoms with Gasteiger partial charge < -0.3 is 9.13 Å². The number of fused-ring (bicyclic) bond motifs is 16. The average molecular weight is 1450 g/mol. The number of halogens is 4. The first-order valence-electron chi connectivity index (χ1n) is 36.3. The number of terminal acetylenes is 1. The van der Waals surface area contributed by atoms with Gasteiger partial charge in [-0.1, -0.05) is 169 Å². The first kappa shape index (κ1) is 72.7. The Bertz CT molecular complexity index is 5240. The number of Topliss-reactive ketones (excluding diaryl/α,β-unsaturated/α-hetero) is 2. The van der Waals surface area contributed by atoms with Crippen LogP contribution in [0.2, 0.25) is 0 Å². The number of thiophene rings is 4. The first-order chi connectivity index (χ1) is 49.2. The Kier molecular flexibility index (Phi) is 23.4. The van der Waals surface area contributed by atoms with Crippen molar-refractivity contribution in [3.63, 3.8) is 0 Å². The fourth-order valence-electron chi connectivity index (χ4n) is 15.3. The monoisotopic (exact) mass is 1450 g/mol. The predicted octanol–water partition coefficient (Wildman–Crippen LogP) is 25.7. The molecule has 7 heterocycles. The Morgan fingerprint density at radius 1 is 0.515 bits per heavy atom. The van der Waals surface area contributed by atoms with Gasteiger partial charge in [-0.25, -0.2) is 37.8 Å². The van der Waals surface area contributed by atoms with Crippen molar-refractivity contribution in [3.8, 4) is 24.5 Å². The molecule has 0 radical (unpaired) electrons. The van der Waals surface area contributed by atoms with Gasteiger partial charge in [-0.3, -0.25) is 9.59 Å². The van der Waals surface area contributed by atoms with Crippen LogP contribution in [0.1, 0.15) is 248 Å². The second-order valence-electron chi connectivity index (χ2n) is 27.3. The van der Waals surface area contributed by atoms with E-state index in [-0.39, 0.29) is 67.8 Å². The number of hydrogen-bond donors (Lipinski definition) is 0. The maximum atomic E-state index is 15.2. The molecule has 0 saturated heterocycles. The molecule has 2 unspecified atom stereocenters. The fraction of sp³-hybridized carbons (Fsp3) is 0.439. The molecule has 0 spiro atoms. The smallest absolute Gasteiger partial charge is 0.270 e. The minimum absolute atomic E-state index is 0.000999. The van der Waals surface area contributed by atoms with E-state index in [1.54, 1.807) is 57.5 Å². The molecule has 10 aromatic rings. The van der Waals surface area contributed by atoms with E-state index in [4.69, 9.17) is 28.3 Å². The molecule has 10 nitrogen and oxygen atoms in total. The van der Waals surface area contributed by atoms with E-state index < -0.39 is 34.8 Å². The summed E-state index contributed by atoms with van der Waals surface area (Å²) in [6.07, 6.45) is 38.3. The van der Waals surface area contributed by atoms with Gasteiger partial charge in [0, 0.05) is 73.0 Å². The molecule has 0 saturated carbocycles. The van der Waals surface area contributed by atoms with Gasteiger partial charge in [-0.15, -0.1) is 57.7 Å². The average Bonchev–Trinajstić information content (AvgIpc) is 1.51. The third-order valence-corrected chi connectivity index (χ3v) is 26.3. The number of allylic oxidation sites excluding steroid dienone is 6. The third kappa shape index (κ3) is 13.8. The minimum atomic E-state index is -1.20. The standard InChI is InChI=1S/C82H82F4N8O2S5/c1-9-15-19-21-23-25-27-29-31-35-49-63(41-55-65(61(43-87)89-7)51-37-57(83)59(85)39-53(51)75(55)95)97-81-73-79(99-77(49)81)67-69-70(92-101-91-69)68-72(71(67)93(73)45-47(13-5)33-17-11-3)94(46-48(14-6)34-18-12-4)74-80(68)100-78-50(36-32-30-28-26-24-22-20-16-10-2)64(98-82(74)78)42-56-66(62(44-88)90-8)52-38-58(84)60(86)40-54(52)76(56)96/h5,37-42,47-48H,9-12,14-36,45-46H2,1-4,6H3/b55-41-,56-42-,65-61-,66-62+. The summed E-state index contributed by atoms with van der Waals surface area (Å²) >= 11 is 7.71. The van der Waals surface area contributed by atoms with Crippen LogP contribution < -0.4 is 0 Å². The van der Waals surface area contributed by atoms with E-state index in [0.717, 1.165) is 214 Å². The maximum Gasteiger partial charge on any atom is 0.270 e. The number of ketones is 2. The number of hydrogen-bond acceptors (Lipinski definition) is 11. The Morgan fingerprint density at radius 2 is 0.901 bits per heavy atom. The van der Waals surface area contributed by atoms with Gasteiger partial charge in [0.25, 0.3) is 11.4 Å². The highest BCUT2D eigenvalue weighted by molar-refractivity contribution is 7.34. The summed E-state index contributed by atoms with van der Waals surface area (Å²) in [7, 11) is 0. The molecule has 0 amide bonds. The van der Waals surface area contributed by atoms with Crippen LogP contribution in [0.4, 0.5) is 17.6 Å². The van der Waals surface area contributed by atoms with Gasteiger partial charge in [0.1, 0.15) is 11.0 Å². The maximum absolute atomic E-state index is 15.2. The molecule has 2 aliphatic rings. The molecule has 19 heteroatoms. The van der Waals surface area contributed by atoms with Crippen LogP contribution in [-0.2, 0) is 25.9 Å². The summed E-state index contributed by atoms with van der Waals surface area (Å²) in [5.41, 5.74) is 6.81. The summed E-state index contributed by atoms with van der Waals surface area (Å²) in [5, 5.41) is 22.8. The molecule has 2 aliphatic carbocycles. The van der Waals surface area contributed by atoms with Crippen molar-refractivity contribution >= 4 is 164 Å². The topological polar surface area (TPSA) is 126 Å². The molecule has 0 fully saturated rings. The summed E-state index contributed by atoms with van der Waals surface area (Å²) in [6.45, 7) is 28.4. The lowest BCUT2D eigenvalue weighted by Crippen LogP contribution is -2.12. The zero-order chi connectivity index (χ0) is 71.2. The summed E-state index contributed by atoms with van der Waals surface area (Å²) in [6, 6.07) is 7.51. The lowest BCUT2D eigenvalue weighted by molar-refractivity contribution is 0.103. The van der Waals surface area contributed by atoms with Crippen molar-refractivity contribution in [2.24, 2.45) is 11.8 Å². The van der Waals surface area contributed by atoms with Crippen molar-refractivity contribution in [2.75, 3.05) is 0 Å². The van der Waals surface area contributed by atoms with Gasteiger partial charge >= 0.3 is 0 Å². The fourth-order valence-corrected chi connectivity index (χ4v) is 21.8. The molecule has 101 heavy (non-hydrogen) atoms. The van der Waals surface area contributed by atoms with E-state index in [9.17, 15) is 20.1 Å².